The zero-order valence-electron chi connectivity index (χ0n) is 17.1. The SMILES string of the molecule is Cc1cc2c(cc1C)N[C@@H](c1ccccc1[N+](=O)[O-])C1=C(CC(C)(C)CC1=O)N2. The second-order valence-corrected chi connectivity index (χ2v) is 8.83. The molecule has 150 valence electrons. The van der Waals surface area contributed by atoms with Crippen LogP contribution in [0.4, 0.5) is 17.1 Å². The molecule has 0 aromatic heterocycles. The molecule has 2 aromatic carbocycles. The summed E-state index contributed by atoms with van der Waals surface area (Å²) in [5, 5.41) is 18.6. The lowest BCUT2D eigenvalue weighted by molar-refractivity contribution is -0.385. The molecule has 6 heteroatoms. The maximum absolute atomic E-state index is 13.2. The van der Waals surface area contributed by atoms with Crippen molar-refractivity contribution in [3.63, 3.8) is 0 Å². The number of fused-ring (bicyclic) bond motifs is 1. The number of aryl methyl sites for hydroxylation is 2. The van der Waals surface area contributed by atoms with Gasteiger partial charge in [-0.25, -0.2) is 0 Å². The van der Waals surface area contributed by atoms with Gasteiger partial charge in [0.25, 0.3) is 5.69 Å². The minimum atomic E-state index is -0.578. The van der Waals surface area contributed by atoms with Crippen LogP contribution in [0.15, 0.2) is 47.7 Å². The van der Waals surface area contributed by atoms with Crippen LogP contribution in [0.25, 0.3) is 0 Å². The molecule has 1 aliphatic carbocycles. The number of nitro benzene ring substituents is 1. The maximum Gasteiger partial charge on any atom is 0.275 e. The van der Waals surface area contributed by atoms with Crippen molar-refractivity contribution in [3.05, 3.63) is 74.5 Å². The number of para-hydroxylation sites is 1. The molecule has 0 spiro atoms. The summed E-state index contributed by atoms with van der Waals surface area (Å²) in [4.78, 5) is 24.6. The molecule has 6 nitrogen and oxygen atoms in total. The van der Waals surface area contributed by atoms with Crippen molar-refractivity contribution >= 4 is 22.8 Å². The number of hydrogen-bond donors (Lipinski definition) is 2. The molecular weight excluding hydrogens is 366 g/mol. The summed E-state index contributed by atoms with van der Waals surface area (Å²) in [6.07, 6.45) is 1.12. The molecule has 0 amide bonds. The second-order valence-electron chi connectivity index (χ2n) is 8.83. The molecule has 29 heavy (non-hydrogen) atoms. The van der Waals surface area contributed by atoms with Crippen molar-refractivity contribution in [2.75, 3.05) is 10.6 Å². The number of Topliss-reactive ketones (excluding diaryl/α,β-unsaturated/α-hetero) is 1. The number of rotatable bonds is 2. The first kappa shape index (κ1) is 19.2. The van der Waals surface area contributed by atoms with Crippen molar-refractivity contribution in [1.82, 2.24) is 0 Å². The van der Waals surface area contributed by atoms with E-state index in [-0.39, 0.29) is 21.8 Å². The number of carbonyl (C=O) groups excluding carboxylic acids is 1. The van der Waals surface area contributed by atoms with Gasteiger partial charge in [-0.2, -0.15) is 0 Å². The van der Waals surface area contributed by atoms with Crippen LogP contribution in [0.2, 0.25) is 0 Å². The number of allylic oxidation sites excluding steroid dienone is 1. The van der Waals surface area contributed by atoms with Gasteiger partial charge in [-0.15, -0.1) is 0 Å². The number of carbonyl (C=O) groups is 1. The van der Waals surface area contributed by atoms with E-state index in [0.29, 0.717) is 24.0 Å². The first-order valence-electron chi connectivity index (χ1n) is 9.81. The van der Waals surface area contributed by atoms with Gasteiger partial charge in [-0.1, -0.05) is 26.0 Å². The Bertz CT molecular complexity index is 1070. The van der Waals surface area contributed by atoms with E-state index in [1.165, 1.54) is 6.07 Å². The Balaban J connectivity index is 1.96. The third-order valence-corrected chi connectivity index (χ3v) is 5.87. The molecule has 2 aliphatic rings. The average molecular weight is 391 g/mol. The van der Waals surface area contributed by atoms with Gasteiger partial charge in [0, 0.05) is 23.8 Å². The highest BCUT2D eigenvalue weighted by Gasteiger charge is 2.40. The topological polar surface area (TPSA) is 84.3 Å². The summed E-state index contributed by atoms with van der Waals surface area (Å²) >= 11 is 0. The van der Waals surface area contributed by atoms with Crippen LogP contribution in [0.1, 0.15) is 49.4 Å². The normalized spacial score (nSPS) is 20.1. The Morgan fingerprint density at radius 2 is 1.72 bits per heavy atom. The first-order chi connectivity index (χ1) is 13.7. The van der Waals surface area contributed by atoms with Gasteiger partial charge >= 0.3 is 0 Å². The Labute approximate surface area is 170 Å². The molecule has 0 radical (unpaired) electrons. The average Bonchev–Trinajstić information content (AvgIpc) is 2.77. The van der Waals surface area contributed by atoms with E-state index in [9.17, 15) is 14.9 Å². The third-order valence-electron chi connectivity index (χ3n) is 5.87. The van der Waals surface area contributed by atoms with Gasteiger partial charge in [0.15, 0.2) is 5.78 Å². The smallest absolute Gasteiger partial charge is 0.275 e. The number of hydrogen-bond acceptors (Lipinski definition) is 5. The largest absolute Gasteiger partial charge is 0.372 e. The van der Waals surface area contributed by atoms with E-state index in [0.717, 1.165) is 28.2 Å². The van der Waals surface area contributed by atoms with E-state index >= 15 is 0 Å². The second kappa shape index (κ2) is 6.72. The number of nitrogens with one attached hydrogen (secondary N) is 2. The fraction of sp³-hybridized carbons (Fsp3) is 0.348. The molecule has 0 fully saturated rings. The fourth-order valence-corrected chi connectivity index (χ4v) is 4.34. The van der Waals surface area contributed by atoms with Crippen molar-refractivity contribution < 1.29 is 9.72 Å². The predicted octanol–water partition coefficient (Wildman–Crippen LogP) is 5.43. The van der Waals surface area contributed by atoms with Crippen LogP contribution >= 0.6 is 0 Å². The van der Waals surface area contributed by atoms with Crippen LogP contribution in [0.3, 0.4) is 0 Å². The van der Waals surface area contributed by atoms with Crippen LogP contribution in [-0.2, 0) is 4.79 Å². The highest BCUT2D eigenvalue weighted by atomic mass is 16.6. The minimum Gasteiger partial charge on any atom is -0.372 e. The molecule has 1 atom stereocenters. The van der Waals surface area contributed by atoms with E-state index in [4.69, 9.17) is 0 Å². The quantitative estimate of drug-likeness (QED) is 0.526. The minimum absolute atomic E-state index is 0.0155. The molecule has 2 aromatic rings. The van der Waals surface area contributed by atoms with Crippen LogP contribution in [0.5, 0.6) is 0 Å². The molecule has 1 aliphatic heterocycles. The molecule has 0 unspecified atom stereocenters. The number of ketones is 1. The lowest BCUT2D eigenvalue weighted by Crippen LogP contribution is -2.31. The van der Waals surface area contributed by atoms with Gasteiger partial charge in [0.05, 0.1) is 27.9 Å². The van der Waals surface area contributed by atoms with Crippen LogP contribution in [-0.4, -0.2) is 10.7 Å². The Morgan fingerprint density at radius 3 is 2.41 bits per heavy atom. The van der Waals surface area contributed by atoms with Gasteiger partial charge in [0.1, 0.15) is 0 Å². The summed E-state index contributed by atoms with van der Waals surface area (Å²) in [7, 11) is 0. The number of nitro groups is 1. The Hall–Kier alpha value is -3.15. The summed E-state index contributed by atoms with van der Waals surface area (Å²) < 4.78 is 0. The molecular formula is C23H25N3O3. The number of benzene rings is 2. The zero-order valence-corrected chi connectivity index (χ0v) is 17.1. The van der Waals surface area contributed by atoms with Crippen molar-refractivity contribution in [2.24, 2.45) is 5.41 Å². The van der Waals surface area contributed by atoms with Crippen molar-refractivity contribution in [1.29, 1.82) is 0 Å². The predicted molar refractivity (Wildman–Crippen MR) is 114 cm³/mol. The third kappa shape index (κ3) is 3.39. The van der Waals surface area contributed by atoms with Gasteiger partial charge in [-0.05, 0) is 55.0 Å². The molecule has 0 bridgehead atoms. The lowest BCUT2D eigenvalue weighted by Gasteiger charge is -2.34. The van der Waals surface area contributed by atoms with Crippen LogP contribution < -0.4 is 10.6 Å². The number of nitrogens with zero attached hydrogens (tertiary/aromatic N) is 1. The van der Waals surface area contributed by atoms with Crippen molar-refractivity contribution in [2.45, 2.75) is 46.6 Å². The van der Waals surface area contributed by atoms with Crippen molar-refractivity contribution in [3.8, 4) is 0 Å². The van der Waals surface area contributed by atoms with Gasteiger partial charge in [-0.3, -0.25) is 14.9 Å². The summed E-state index contributed by atoms with van der Waals surface area (Å²) in [5.74, 6) is 0.0284. The van der Waals surface area contributed by atoms with Gasteiger partial charge < -0.3 is 10.6 Å². The molecule has 1 heterocycles. The van der Waals surface area contributed by atoms with E-state index in [2.05, 4.69) is 30.5 Å². The summed E-state index contributed by atoms with van der Waals surface area (Å²) in [5.41, 5.74) is 5.81. The Kier molecular flexibility index (Phi) is 4.45. The zero-order chi connectivity index (χ0) is 20.9. The van der Waals surface area contributed by atoms with E-state index in [1.807, 2.05) is 19.9 Å². The maximum atomic E-state index is 13.2. The highest BCUT2D eigenvalue weighted by Crippen LogP contribution is 2.47. The standard InChI is InChI=1S/C23H25N3O3/c1-13-9-16-17(10-14(13)2)25-22(15-7-5-6-8-19(15)26(28)29)21-18(24-16)11-23(3,4)12-20(21)27/h5-10,22,24-25H,11-12H2,1-4H3/t22-/m0/s1. The molecule has 2 N–H and O–H groups in total. The number of anilines is 2. The van der Waals surface area contributed by atoms with E-state index in [1.54, 1.807) is 18.2 Å². The van der Waals surface area contributed by atoms with Crippen LogP contribution in [0, 0.1) is 29.4 Å². The monoisotopic (exact) mass is 391 g/mol. The van der Waals surface area contributed by atoms with Gasteiger partial charge in [0.2, 0.25) is 0 Å². The molecule has 4 rings (SSSR count). The molecule has 0 saturated carbocycles. The Morgan fingerprint density at radius 1 is 1.07 bits per heavy atom. The fourth-order valence-electron chi connectivity index (χ4n) is 4.34. The highest BCUT2D eigenvalue weighted by molar-refractivity contribution is 6.01. The lowest BCUT2D eigenvalue weighted by atomic mass is 9.73. The van der Waals surface area contributed by atoms with E-state index < -0.39 is 6.04 Å². The first-order valence-corrected chi connectivity index (χ1v) is 9.81. The molecule has 0 saturated heterocycles. The summed E-state index contributed by atoms with van der Waals surface area (Å²) in [6.45, 7) is 8.24. The summed E-state index contributed by atoms with van der Waals surface area (Å²) in [6, 6.07) is 10.2.